The van der Waals surface area contributed by atoms with Crippen LogP contribution in [0.3, 0.4) is 0 Å². The van der Waals surface area contributed by atoms with Crippen LogP contribution < -0.4 is 0 Å². The fourth-order valence-electron chi connectivity index (χ4n) is 2.53. The van der Waals surface area contributed by atoms with Crippen molar-refractivity contribution in [1.82, 2.24) is 0 Å². The van der Waals surface area contributed by atoms with E-state index >= 15 is 0 Å². The Morgan fingerprint density at radius 1 is 1.06 bits per heavy atom. The predicted octanol–water partition coefficient (Wildman–Crippen LogP) is 2.62. The number of halogens is 6. The van der Waals surface area contributed by atoms with Gasteiger partial charge in [0.1, 0.15) is 6.10 Å². The van der Waals surface area contributed by atoms with Gasteiger partial charge in [0.15, 0.2) is 5.78 Å². The molecule has 2 nitrogen and oxygen atoms in total. The standard InChI is InChI=1S/C9H8F6O2/c10-8(11,12)7(9(13,14)15)4-2-1-3-5(17-7)6(4)16/h4-5H,1-3H2/t4-,5+/m1/s1. The number of carbonyl (C=O) groups excluding carboxylic acids is 1. The Hall–Kier alpha value is -0.790. The van der Waals surface area contributed by atoms with Crippen molar-refractivity contribution in [1.29, 1.82) is 0 Å². The molecule has 2 rings (SSSR count). The summed E-state index contributed by atoms with van der Waals surface area (Å²) in [5.41, 5.74) is -4.31. The topological polar surface area (TPSA) is 26.3 Å². The van der Waals surface area contributed by atoms with Crippen LogP contribution >= 0.6 is 0 Å². The Bertz CT molecular complexity index is 330. The number of rotatable bonds is 0. The van der Waals surface area contributed by atoms with Crippen LogP contribution in [0.1, 0.15) is 19.3 Å². The first-order valence-corrected chi connectivity index (χ1v) is 4.96. The quantitative estimate of drug-likeness (QED) is 0.627. The second-order valence-electron chi connectivity index (χ2n) is 4.22. The van der Waals surface area contributed by atoms with Gasteiger partial charge in [-0.05, 0) is 19.3 Å². The molecule has 0 unspecified atom stereocenters. The van der Waals surface area contributed by atoms with E-state index in [1.165, 1.54) is 0 Å². The molecule has 1 saturated heterocycles. The lowest BCUT2D eigenvalue weighted by Crippen LogP contribution is -2.61. The van der Waals surface area contributed by atoms with E-state index in [4.69, 9.17) is 0 Å². The average molecular weight is 262 g/mol. The Labute approximate surface area is 91.9 Å². The van der Waals surface area contributed by atoms with Crippen LogP contribution in [0.15, 0.2) is 0 Å². The van der Waals surface area contributed by atoms with Gasteiger partial charge in [0.25, 0.3) is 5.60 Å². The van der Waals surface area contributed by atoms with E-state index in [9.17, 15) is 31.1 Å². The van der Waals surface area contributed by atoms with Gasteiger partial charge in [-0.3, -0.25) is 4.79 Å². The maximum absolute atomic E-state index is 12.7. The molecule has 0 aromatic heterocycles. The van der Waals surface area contributed by atoms with Gasteiger partial charge in [0, 0.05) is 0 Å². The van der Waals surface area contributed by atoms with Gasteiger partial charge in [-0.2, -0.15) is 26.3 Å². The van der Waals surface area contributed by atoms with E-state index in [2.05, 4.69) is 4.74 Å². The van der Waals surface area contributed by atoms with Crippen molar-refractivity contribution < 1.29 is 35.9 Å². The number of hydrogen-bond acceptors (Lipinski definition) is 2. The van der Waals surface area contributed by atoms with E-state index < -0.39 is 42.2 Å². The second-order valence-corrected chi connectivity index (χ2v) is 4.22. The molecule has 0 aromatic rings. The van der Waals surface area contributed by atoms with Gasteiger partial charge in [-0.15, -0.1) is 0 Å². The number of ether oxygens (including phenoxy) is 1. The van der Waals surface area contributed by atoms with Gasteiger partial charge in [0.05, 0.1) is 5.92 Å². The molecule has 17 heavy (non-hydrogen) atoms. The number of hydrogen-bond donors (Lipinski definition) is 0. The first-order chi connectivity index (χ1) is 7.61. The number of Topliss-reactive ketones (excluding diaryl/α,β-unsaturated/α-hetero) is 1. The zero-order valence-corrected chi connectivity index (χ0v) is 8.36. The molecule has 2 fully saturated rings. The first-order valence-electron chi connectivity index (χ1n) is 4.96. The zero-order valence-electron chi connectivity index (χ0n) is 8.36. The van der Waals surface area contributed by atoms with Crippen molar-refractivity contribution in [2.45, 2.75) is 43.3 Å². The highest BCUT2D eigenvalue weighted by atomic mass is 19.4. The highest BCUT2D eigenvalue weighted by molar-refractivity contribution is 5.89. The summed E-state index contributed by atoms with van der Waals surface area (Å²) in [5.74, 6) is -3.23. The molecule has 0 amide bonds. The minimum Gasteiger partial charge on any atom is -0.346 e. The molecular weight excluding hydrogens is 254 g/mol. The lowest BCUT2D eigenvalue weighted by molar-refractivity contribution is -0.383. The number of alkyl halides is 6. The third kappa shape index (κ3) is 1.49. The summed E-state index contributed by atoms with van der Waals surface area (Å²) in [7, 11) is 0. The maximum Gasteiger partial charge on any atom is 0.427 e. The maximum atomic E-state index is 12.7. The van der Waals surface area contributed by atoms with Crippen LogP contribution in [0.4, 0.5) is 26.3 Å². The van der Waals surface area contributed by atoms with Crippen LogP contribution in [-0.4, -0.2) is 29.8 Å². The normalized spacial score (nSPS) is 32.9. The summed E-state index contributed by atoms with van der Waals surface area (Å²) in [4.78, 5) is 11.4. The lowest BCUT2D eigenvalue weighted by atomic mass is 9.77. The monoisotopic (exact) mass is 262 g/mol. The zero-order chi connectivity index (χ0) is 13.1. The van der Waals surface area contributed by atoms with Crippen LogP contribution in [0.2, 0.25) is 0 Å². The molecule has 98 valence electrons. The summed E-state index contributed by atoms with van der Waals surface area (Å²) in [6.07, 6.45) is -13.2. The van der Waals surface area contributed by atoms with Gasteiger partial charge in [0.2, 0.25) is 0 Å². The smallest absolute Gasteiger partial charge is 0.346 e. The minimum atomic E-state index is -5.63. The third-order valence-corrected chi connectivity index (χ3v) is 3.28. The van der Waals surface area contributed by atoms with Crippen molar-refractivity contribution in [3.8, 4) is 0 Å². The van der Waals surface area contributed by atoms with Gasteiger partial charge in [-0.1, -0.05) is 0 Å². The Morgan fingerprint density at radius 3 is 2.00 bits per heavy atom. The fourth-order valence-corrected chi connectivity index (χ4v) is 2.53. The van der Waals surface area contributed by atoms with Gasteiger partial charge in [-0.25, -0.2) is 0 Å². The Kier molecular flexibility index (Phi) is 2.51. The van der Waals surface area contributed by atoms with Crippen molar-refractivity contribution >= 4 is 5.78 Å². The van der Waals surface area contributed by atoms with Crippen LogP contribution in [0.25, 0.3) is 0 Å². The van der Waals surface area contributed by atoms with Crippen molar-refractivity contribution in [2.24, 2.45) is 5.92 Å². The second kappa shape index (κ2) is 3.37. The number of ketones is 1. The van der Waals surface area contributed by atoms with Crippen molar-refractivity contribution in [2.75, 3.05) is 0 Å². The fraction of sp³-hybridized carbons (Fsp3) is 0.889. The van der Waals surface area contributed by atoms with Crippen molar-refractivity contribution in [3.05, 3.63) is 0 Å². The van der Waals surface area contributed by atoms with Crippen LogP contribution in [-0.2, 0) is 9.53 Å². The van der Waals surface area contributed by atoms with Gasteiger partial charge < -0.3 is 4.74 Å². The van der Waals surface area contributed by atoms with Gasteiger partial charge >= 0.3 is 12.4 Å². The summed E-state index contributed by atoms with van der Waals surface area (Å²) in [5, 5.41) is 0. The van der Waals surface area contributed by atoms with E-state index in [0.29, 0.717) is 0 Å². The highest BCUT2D eigenvalue weighted by Crippen LogP contribution is 2.58. The molecule has 1 heterocycles. The SMILES string of the molecule is O=C1[C@@H]2CCC[C@H]1C(C(F)(F)F)(C(F)(F)F)O2. The van der Waals surface area contributed by atoms with E-state index in [1.54, 1.807) is 0 Å². The lowest BCUT2D eigenvalue weighted by Gasteiger charge is -2.36. The van der Waals surface area contributed by atoms with Crippen LogP contribution in [0.5, 0.6) is 0 Å². The number of fused-ring (bicyclic) bond motifs is 2. The summed E-state index contributed by atoms with van der Waals surface area (Å²) in [6, 6.07) is 0. The first kappa shape index (κ1) is 12.7. The third-order valence-electron chi connectivity index (χ3n) is 3.28. The van der Waals surface area contributed by atoms with Crippen LogP contribution in [0, 0.1) is 5.92 Å². The molecule has 2 atom stereocenters. The molecule has 1 aliphatic carbocycles. The summed E-state index contributed by atoms with van der Waals surface area (Å²) < 4.78 is 80.5. The molecular formula is C9H8F6O2. The molecule has 0 aromatic carbocycles. The summed E-state index contributed by atoms with van der Waals surface area (Å²) in [6.45, 7) is 0. The molecule has 0 radical (unpaired) electrons. The number of carbonyl (C=O) groups is 1. The summed E-state index contributed by atoms with van der Waals surface area (Å²) >= 11 is 0. The highest BCUT2D eigenvalue weighted by Gasteiger charge is 2.81. The van der Waals surface area contributed by atoms with E-state index in [0.717, 1.165) is 0 Å². The Balaban J connectivity index is 2.54. The average Bonchev–Trinajstić information content (AvgIpc) is 2.34. The molecule has 0 N–H and O–H groups in total. The largest absolute Gasteiger partial charge is 0.427 e. The van der Waals surface area contributed by atoms with Crippen molar-refractivity contribution in [3.63, 3.8) is 0 Å². The van der Waals surface area contributed by atoms with E-state index in [-0.39, 0.29) is 12.8 Å². The molecule has 1 saturated carbocycles. The predicted molar refractivity (Wildman–Crippen MR) is 42.1 cm³/mol. The Morgan fingerprint density at radius 2 is 1.59 bits per heavy atom. The minimum absolute atomic E-state index is 0.0801. The molecule has 8 heteroatoms. The molecule has 0 spiro atoms. The van der Waals surface area contributed by atoms with E-state index in [1.807, 2.05) is 0 Å². The molecule has 1 aliphatic heterocycles. The molecule has 2 bridgehead atoms. The molecule has 2 aliphatic rings.